The molecule has 0 bridgehead atoms. The lowest BCUT2D eigenvalue weighted by Gasteiger charge is -2.20. The van der Waals surface area contributed by atoms with Crippen molar-refractivity contribution >= 4 is 47.5 Å². The summed E-state index contributed by atoms with van der Waals surface area (Å²) in [4.78, 5) is 18.5. The third-order valence-electron chi connectivity index (χ3n) is 4.47. The summed E-state index contributed by atoms with van der Waals surface area (Å²) in [5.74, 6) is 2.12. The van der Waals surface area contributed by atoms with Gasteiger partial charge in [0.15, 0.2) is 0 Å². The third kappa shape index (κ3) is 4.25. The van der Waals surface area contributed by atoms with Crippen LogP contribution < -0.4 is 15.1 Å². The van der Waals surface area contributed by atoms with Crippen molar-refractivity contribution in [2.24, 2.45) is 0 Å². The van der Waals surface area contributed by atoms with Crippen LogP contribution in [0.5, 0.6) is 0 Å². The van der Waals surface area contributed by atoms with Gasteiger partial charge in [-0.25, -0.2) is 0 Å². The Bertz CT molecular complexity index is 680. The van der Waals surface area contributed by atoms with E-state index in [-0.39, 0.29) is 12.4 Å². The highest BCUT2D eigenvalue weighted by molar-refractivity contribution is 6.30. The first-order valence-electron chi connectivity index (χ1n) is 8.56. The first-order valence-corrected chi connectivity index (χ1v) is 8.94. The fourth-order valence-corrected chi connectivity index (χ4v) is 3.41. The number of hydrogen-bond acceptors (Lipinski definition) is 6. The van der Waals surface area contributed by atoms with Gasteiger partial charge in [-0.05, 0) is 43.9 Å². The molecular weight excluding hydrogens is 359 g/mol. The molecule has 0 radical (unpaired) electrons. The molecule has 3 heterocycles. The topological polar surface area (TPSA) is 57.2 Å². The maximum Gasteiger partial charge on any atom is 0.233 e. The molecule has 1 aromatic carbocycles. The van der Waals surface area contributed by atoms with Gasteiger partial charge in [0.2, 0.25) is 17.8 Å². The van der Waals surface area contributed by atoms with Gasteiger partial charge in [-0.1, -0.05) is 17.7 Å². The second-order valence-corrected chi connectivity index (χ2v) is 6.72. The highest BCUT2D eigenvalue weighted by Gasteiger charge is 2.21. The molecule has 4 rings (SSSR count). The number of hydrogen-bond donors (Lipinski definition) is 1. The molecule has 2 aliphatic heterocycles. The lowest BCUT2D eigenvalue weighted by atomic mass is 10.3. The zero-order valence-electron chi connectivity index (χ0n) is 14.0. The van der Waals surface area contributed by atoms with E-state index in [1.165, 1.54) is 25.7 Å². The van der Waals surface area contributed by atoms with Crippen molar-refractivity contribution in [2.45, 2.75) is 25.7 Å². The van der Waals surface area contributed by atoms with Crippen LogP contribution in [-0.2, 0) is 0 Å². The smallest absolute Gasteiger partial charge is 0.233 e. The summed E-state index contributed by atoms with van der Waals surface area (Å²) in [7, 11) is 0. The number of benzene rings is 1. The Balaban J connectivity index is 0.00000182. The van der Waals surface area contributed by atoms with E-state index >= 15 is 0 Å². The summed E-state index contributed by atoms with van der Waals surface area (Å²) in [6.07, 6.45) is 4.78. The number of aromatic nitrogens is 3. The minimum atomic E-state index is 0. The Hall–Kier alpha value is -1.79. The van der Waals surface area contributed by atoms with Gasteiger partial charge in [0, 0.05) is 36.9 Å². The number of nitrogens with one attached hydrogen (secondary N) is 1. The predicted molar refractivity (Wildman–Crippen MR) is 105 cm³/mol. The van der Waals surface area contributed by atoms with Gasteiger partial charge in [0.05, 0.1) is 0 Å². The van der Waals surface area contributed by atoms with E-state index in [1.54, 1.807) is 0 Å². The van der Waals surface area contributed by atoms with E-state index < -0.39 is 0 Å². The SMILES string of the molecule is Cl.Clc1cccc(Nc2nc(N3CCCC3)nc(N3CCCC3)n2)c1. The molecule has 2 aliphatic rings. The minimum absolute atomic E-state index is 0. The molecule has 0 unspecified atom stereocenters. The van der Waals surface area contributed by atoms with E-state index in [1.807, 2.05) is 24.3 Å². The molecule has 134 valence electrons. The standard InChI is InChI=1S/C17H21ClN6.ClH/c18-13-6-5-7-14(12-13)19-15-20-16(23-8-1-2-9-23)22-17(21-15)24-10-3-4-11-24;/h5-7,12H,1-4,8-11H2,(H,19,20,21,22);1H. The highest BCUT2D eigenvalue weighted by atomic mass is 35.5. The van der Waals surface area contributed by atoms with Gasteiger partial charge in [-0.15, -0.1) is 12.4 Å². The molecule has 6 nitrogen and oxygen atoms in total. The third-order valence-corrected chi connectivity index (χ3v) is 4.71. The Morgan fingerprint density at radius 2 is 1.40 bits per heavy atom. The Morgan fingerprint density at radius 3 is 1.92 bits per heavy atom. The highest BCUT2D eigenvalue weighted by Crippen LogP contribution is 2.25. The predicted octanol–water partition coefficient (Wildman–Crippen LogP) is 3.89. The van der Waals surface area contributed by atoms with E-state index in [9.17, 15) is 0 Å². The normalized spacial score (nSPS) is 16.8. The molecule has 8 heteroatoms. The molecule has 0 spiro atoms. The molecule has 2 fully saturated rings. The zero-order chi connectivity index (χ0) is 16.4. The maximum atomic E-state index is 6.07. The van der Waals surface area contributed by atoms with Crippen molar-refractivity contribution in [1.82, 2.24) is 15.0 Å². The summed E-state index contributed by atoms with van der Waals surface area (Å²) >= 11 is 6.07. The quantitative estimate of drug-likeness (QED) is 0.867. The van der Waals surface area contributed by atoms with E-state index in [2.05, 4.69) is 25.1 Å². The van der Waals surface area contributed by atoms with Crippen molar-refractivity contribution in [3.05, 3.63) is 29.3 Å². The van der Waals surface area contributed by atoms with Crippen molar-refractivity contribution in [2.75, 3.05) is 41.3 Å². The van der Waals surface area contributed by atoms with Crippen molar-refractivity contribution < 1.29 is 0 Å². The molecule has 0 amide bonds. The van der Waals surface area contributed by atoms with E-state index in [0.29, 0.717) is 11.0 Å². The number of nitrogens with zero attached hydrogens (tertiary/aromatic N) is 5. The van der Waals surface area contributed by atoms with Crippen LogP contribution in [0.1, 0.15) is 25.7 Å². The Kier molecular flexibility index (Phi) is 5.81. The van der Waals surface area contributed by atoms with Gasteiger partial charge >= 0.3 is 0 Å². The summed E-state index contributed by atoms with van der Waals surface area (Å²) in [5, 5.41) is 3.96. The van der Waals surface area contributed by atoms with Crippen molar-refractivity contribution in [3.8, 4) is 0 Å². The molecule has 2 aromatic rings. The van der Waals surface area contributed by atoms with Gasteiger partial charge in [-0.3, -0.25) is 0 Å². The maximum absolute atomic E-state index is 6.07. The molecule has 1 aromatic heterocycles. The van der Waals surface area contributed by atoms with Gasteiger partial charge in [0.1, 0.15) is 0 Å². The molecule has 1 N–H and O–H groups in total. The fourth-order valence-electron chi connectivity index (χ4n) is 3.22. The molecular formula is C17H22Cl2N6. The average Bonchev–Trinajstić information content (AvgIpc) is 3.29. The number of anilines is 4. The minimum Gasteiger partial charge on any atom is -0.341 e. The Labute approximate surface area is 159 Å². The monoisotopic (exact) mass is 380 g/mol. The lowest BCUT2D eigenvalue weighted by molar-refractivity contribution is 0.841. The lowest BCUT2D eigenvalue weighted by Crippen LogP contribution is -2.25. The van der Waals surface area contributed by atoms with Crippen LogP contribution in [0.15, 0.2) is 24.3 Å². The second kappa shape index (κ2) is 8.06. The van der Waals surface area contributed by atoms with Gasteiger partial charge in [0.25, 0.3) is 0 Å². The van der Waals surface area contributed by atoms with Crippen LogP contribution in [0, 0.1) is 0 Å². The van der Waals surface area contributed by atoms with Crippen LogP contribution in [0.4, 0.5) is 23.5 Å². The van der Waals surface area contributed by atoms with Crippen LogP contribution in [-0.4, -0.2) is 41.1 Å². The number of halogens is 2. The Morgan fingerprint density at radius 1 is 0.840 bits per heavy atom. The van der Waals surface area contributed by atoms with Crippen molar-refractivity contribution in [1.29, 1.82) is 0 Å². The summed E-state index contributed by atoms with van der Waals surface area (Å²) in [6, 6.07) is 7.59. The largest absolute Gasteiger partial charge is 0.341 e. The van der Waals surface area contributed by atoms with Crippen LogP contribution in [0.25, 0.3) is 0 Å². The van der Waals surface area contributed by atoms with Crippen LogP contribution in [0.3, 0.4) is 0 Å². The fraction of sp³-hybridized carbons (Fsp3) is 0.471. The molecule has 0 aliphatic carbocycles. The van der Waals surface area contributed by atoms with E-state index in [4.69, 9.17) is 16.6 Å². The number of rotatable bonds is 4. The molecule has 2 saturated heterocycles. The summed E-state index contributed by atoms with van der Waals surface area (Å²) in [5.41, 5.74) is 0.883. The first kappa shape index (κ1) is 18.0. The summed E-state index contributed by atoms with van der Waals surface area (Å²) < 4.78 is 0. The van der Waals surface area contributed by atoms with Crippen LogP contribution >= 0.6 is 24.0 Å². The average molecular weight is 381 g/mol. The van der Waals surface area contributed by atoms with Gasteiger partial charge in [-0.2, -0.15) is 15.0 Å². The van der Waals surface area contributed by atoms with Crippen molar-refractivity contribution in [3.63, 3.8) is 0 Å². The van der Waals surface area contributed by atoms with E-state index in [0.717, 1.165) is 43.8 Å². The van der Waals surface area contributed by atoms with Crippen LogP contribution in [0.2, 0.25) is 5.02 Å². The first-order chi connectivity index (χ1) is 11.8. The zero-order valence-corrected chi connectivity index (χ0v) is 15.6. The summed E-state index contributed by atoms with van der Waals surface area (Å²) in [6.45, 7) is 4.06. The molecule has 0 atom stereocenters. The van der Waals surface area contributed by atoms with Gasteiger partial charge < -0.3 is 15.1 Å². The molecule has 0 saturated carbocycles. The molecule has 25 heavy (non-hydrogen) atoms. The second-order valence-electron chi connectivity index (χ2n) is 6.28.